The molecule has 12 heavy (non-hydrogen) atoms. The topological polar surface area (TPSA) is 17.1 Å². The third-order valence-corrected chi connectivity index (χ3v) is 1.46. The van der Waals surface area contributed by atoms with Crippen LogP contribution in [0, 0.1) is 6.92 Å². The van der Waals surface area contributed by atoms with Gasteiger partial charge in [-0.15, -0.1) is 0 Å². The third kappa shape index (κ3) is 3.54. The highest BCUT2D eigenvalue weighted by molar-refractivity contribution is 6.67. The van der Waals surface area contributed by atoms with Gasteiger partial charge >= 0.3 is 0 Å². The molecule has 1 aromatic rings. The quantitative estimate of drug-likeness (QED) is 0.612. The third-order valence-electron chi connectivity index (χ3n) is 1.25. The Hall–Kier alpha value is -0.820. The molecule has 1 aromatic carbocycles. The minimum atomic E-state index is -0.399. The molecule has 2 heteroatoms. The highest BCUT2D eigenvalue weighted by Crippen LogP contribution is 2.05. The fourth-order valence-corrected chi connectivity index (χ4v) is 0.885. The van der Waals surface area contributed by atoms with Crippen LogP contribution < -0.4 is 0 Å². The lowest BCUT2D eigenvalue weighted by Gasteiger charge is -1.93. The largest absolute Gasteiger partial charge is 0.276 e. The van der Waals surface area contributed by atoms with E-state index in [0.29, 0.717) is 5.56 Å². The molecule has 0 N–H and O–H groups in total. The molecule has 0 heterocycles. The maximum atomic E-state index is 10.6. The van der Waals surface area contributed by atoms with Crippen LogP contribution in [0.25, 0.3) is 0 Å². The number of rotatable bonds is 1. The summed E-state index contributed by atoms with van der Waals surface area (Å²) in [7, 11) is 0. The lowest BCUT2D eigenvalue weighted by Crippen LogP contribution is -1.87. The van der Waals surface area contributed by atoms with Crippen molar-refractivity contribution >= 4 is 16.8 Å². The Morgan fingerprint density at radius 1 is 1.33 bits per heavy atom. The summed E-state index contributed by atoms with van der Waals surface area (Å²) in [4.78, 5) is 10.6. The maximum absolute atomic E-state index is 10.6. The Morgan fingerprint density at radius 3 is 2.25 bits per heavy atom. The van der Waals surface area contributed by atoms with E-state index in [1.54, 1.807) is 12.1 Å². The van der Waals surface area contributed by atoms with Gasteiger partial charge < -0.3 is 0 Å². The number of hydrogen-bond acceptors (Lipinski definition) is 1. The summed E-state index contributed by atoms with van der Waals surface area (Å²) in [5, 5.41) is -0.399. The van der Waals surface area contributed by atoms with Gasteiger partial charge in [0.15, 0.2) is 0 Å². The monoisotopic (exact) mass is 184 g/mol. The molecule has 0 atom stereocenters. The van der Waals surface area contributed by atoms with Crippen molar-refractivity contribution in [1.29, 1.82) is 0 Å². The molecule has 1 nitrogen and oxygen atoms in total. The van der Waals surface area contributed by atoms with E-state index in [-0.39, 0.29) is 0 Å². The number of carbonyl (C=O) groups excluding carboxylic acids is 1. The minimum absolute atomic E-state index is 0.399. The molecular weight excluding hydrogens is 172 g/mol. The number of hydrogen-bond donors (Lipinski definition) is 0. The van der Waals surface area contributed by atoms with Crippen molar-refractivity contribution in [3.05, 3.63) is 35.4 Å². The number of carbonyl (C=O) groups is 1. The van der Waals surface area contributed by atoms with Crippen LogP contribution in [-0.4, -0.2) is 5.24 Å². The Morgan fingerprint density at radius 2 is 1.92 bits per heavy atom. The number of halogens is 1. The van der Waals surface area contributed by atoms with Gasteiger partial charge in [-0.1, -0.05) is 37.6 Å². The standard InChI is InChI=1S/C8H7ClO.C2H6/c1-6-3-2-4-7(5-6)8(9)10;1-2/h2-5H,1H3;1-2H3. The molecule has 0 aliphatic rings. The van der Waals surface area contributed by atoms with E-state index < -0.39 is 5.24 Å². The van der Waals surface area contributed by atoms with Crippen molar-refractivity contribution in [3.63, 3.8) is 0 Å². The summed E-state index contributed by atoms with van der Waals surface area (Å²) >= 11 is 5.24. The smallest absolute Gasteiger partial charge is 0.252 e. The van der Waals surface area contributed by atoms with E-state index in [1.165, 1.54) is 0 Å². The van der Waals surface area contributed by atoms with Crippen LogP contribution in [0.1, 0.15) is 29.8 Å². The summed E-state index contributed by atoms with van der Waals surface area (Å²) in [5.41, 5.74) is 1.60. The van der Waals surface area contributed by atoms with Gasteiger partial charge in [-0.25, -0.2) is 0 Å². The molecule has 0 saturated heterocycles. The summed E-state index contributed by atoms with van der Waals surface area (Å²) in [5.74, 6) is 0. The fourth-order valence-electron chi connectivity index (χ4n) is 0.767. The molecule has 0 aromatic heterocycles. The Kier molecular flexibility index (Phi) is 5.39. The van der Waals surface area contributed by atoms with Crippen LogP contribution in [0.5, 0.6) is 0 Å². The van der Waals surface area contributed by atoms with E-state index in [2.05, 4.69) is 0 Å². The zero-order valence-corrected chi connectivity index (χ0v) is 8.35. The first-order valence-electron chi connectivity index (χ1n) is 3.96. The second-order valence-electron chi connectivity index (χ2n) is 2.14. The molecule has 0 radical (unpaired) electrons. The van der Waals surface area contributed by atoms with E-state index in [9.17, 15) is 4.79 Å². The van der Waals surface area contributed by atoms with Crippen LogP contribution in [0.2, 0.25) is 0 Å². The lowest BCUT2D eigenvalue weighted by molar-refractivity contribution is 0.108. The summed E-state index contributed by atoms with van der Waals surface area (Å²) < 4.78 is 0. The van der Waals surface area contributed by atoms with E-state index in [1.807, 2.05) is 32.9 Å². The average molecular weight is 185 g/mol. The molecule has 0 unspecified atom stereocenters. The molecule has 66 valence electrons. The highest BCUT2D eigenvalue weighted by atomic mass is 35.5. The second-order valence-corrected chi connectivity index (χ2v) is 2.49. The molecule has 0 fully saturated rings. The summed E-state index contributed by atoms with van der Waals surface area (Å²) in [6.07, 6.45) is 0. The van der Waals surface area contributed by atoms with Crippen LogP contribution in [0.15, 0.2) is 24.3 Å². The number of aryl methyl sites for hydroxylation is 1. The van der Waals surface area contributed by atoms with Crippen molar-refractivity contribution in [3.8, 4) is 0 Å². The molecule has 1 rings (SSSR count). The van der Waals surface area contributed by atoms with E-state index in [4.69, 9.17) is 11.6 Å². The Bertz CT molecular complexity index is 256. The van der Waals surface area contributed by atoms with Crippen LogP contribution >= 0.6 is 11.6 Å². The molecule has 0 saturated carbocycles. The van der Waals surface area contributed by atoms with Crippen LogP contribution in [0.4, 0.5) is 0 Å². The van der Waals surface area contributed by atoms with Crippen LogP contribution in [-0.2, 0) is 0 Å². The zero-order chi connectivity index (χ0) is 9.56. The van der Waals surface area contributed by atoms with Crippen molar-refractivity contribution < 1.29 is 4.79 Å². The van der Waals surface area contributed by atoms with Gasteiger partial charge in [0.1, 0.15) is 0 Å². The Labute approximate surface area is 78.4 Å². The molecule has 0 aliphatic heterocycles. The lowest BCUT2D eigenvalue weighted by atomic mass is 10.2. The normalized spacial score (nSPS) is 8.33. The first-order valence-corrected chi connectivity index (χ1v) is 4.34. The molecule has 0 spiro atoms. The van der Waals surface area contributed by atoms with E-state index in [0.717, 1.165) is 5.56 Å². The van der Waals surface area contributed by atoms with Crippen molar-refractivity contribution in [1.82, 2.24) is 0 Å². The molecule has 0 bridgehead atoms. The van der Waals surface area contributed by atoms with Gasteiger partial charge in [0.25, 0.3) is 5.24 Å². The number of benzene rings is 1. The molecular formula is C10H13ClO. The van der Waals surface area contributed by atoms with Gasteiger partial charge in [0.05, 0.1) is 0 Å². The maximum Gasteiger partial charge on any atom is 0.252 e. The van der Waals surface area contributed by atoms with Gasteiger partial charge in [0.2, 0.25) is 0 Å². The van der Waals surface area contributed by atoms with Crippen molar-refractivity contribution in [2.45, 2.75) is 20.8 Å². The van der Waals surface area contributed by atoms with Gasteiger partial charge in [-0.05, 0) is 24.6 Å². The summed E-state index contributed by atoms with van der Waals surface area (Å²) in [6, 6.07) is 7.19. The fraction of sp³-hybridized carbons (Fsp3) is 0.300. The SMILES string of the molecule is CC.Cc1cccc(C(=O)Cl)c1. The van der Waals surface area contributed by atoms with Gasteiger partial charge in [0, 0.05) is 5.56 Å². The molecule has 0 amide bonds. The molecule has 0 aliphatic carbocycles. The first-order chi connectivity index (χ1) is 5.70. The predicted molar refractivity (Wildman–Crippen MR) is 52.7 cm³/mol. The Balaban J connectivity index is 0.000000561. The average Bonchev–Trinajstić information content (AvgIpc) is 2.08. The second kappa shape index (κ2) is 5.78. The van der Waals surface area contributed by atoms with E-state index >= 15 is 0 Å². The van der Waals surface area contributed by atoms with Crippen LogP contribution in [0.3, 0.4) is 0 Å². The summed E-state index contributed by atoms with van der Waals surface area (Å²) in [6.45, 7) is 5.92. The zero-order valence-electron chi connectivity index (χ0n) is 7.60. The van der Waals surface area contributed by atoms with Crippen molar-refractivity contribution in [2.24, 2.45) is 0 Å². The van der Waals surface area contributed by atoms with Gasteiger partial charge in [-0.2, -0.15) is 0 Å². The van der Waals surface area contributed by atoms with Crippen molar-refractivity contribution in [2.75, 3.05) is 0 Å². The predicted octanol–water partition coefficient (Wildman–Crippen LogP) is 3.40. The first kappa shape index (κ1) is 11.2. The highest BCUT2D eigenvalue weighted by Gasteiger charge is 1.98. The minimum Gasteiger partial charge on any atom is -0.276 e. The van der Waals surface area contributed by atoms with Gasteiger partial charge in [-0.3, -0.25) is 4.79 Å².